The predicted octanol–water partition coefficient (Wildman–Crippen LogP) is 3.62. The summed E-state index contributed by atoms with van der Waals surface area (Å²) in [4.78, 5) is 8.90. The summed E-state index contributed by atoms with van der Waals surface area (Å²) in [5, 5.41) is 13.3. The van der Waals surface area contributed by atoms with Gasteiger partial charge >= 0.3 is 0 Å². The molecule has 0 radical (unpaired) electrons. The number of sulfone groups is 1. The van der Waals surface area contributed by atoms with Gasteiger partial charge in [-0.3, -0.25) is 4.57 Å². The number of anilines is 1. The Kier molecular flexibility index (Phi) is 4.98. The summed E-state index contributed by atoms with van der Waals surface area (Å²) in [7, 11) is -3.53. The second-order valence-corrected chi connectivity index (χ2v) is 8.95. The Hall–Kier alpha value is -3.70. The SMILES string of the molecule is Cc1cc2c(C#N)cccc2n1-c1ncc(S(C)(=O)=O)c(NCc2ccccc2)n1. The normalized spacial score (nSPS) is 11.4. The molecule has 7 nitrogen and oxygen atoms in total. The van der Waals surface area contributed by atoms with E-state index in [1.54, 1.807) is 12.1 Å². The molecule has 0 spiro atoms. The highest BCUT2D eigenvalue weighted by Gasteiger charge is 2.19. The molecule has 0 atom stereocenters. The fraction of sp³-hybridized carbons (Fsp3) is 0.136. The summed E-state index contributed by atoms with van der Waals surface area (Å²) in [6, 6.07) is 19.2. The zero-order chi connectivity index (χ0) is 21.3. The minimum atomic E-state index is -3.53. The van der Waals surface area contributed by atoms with E-state index in [1.807, 2.05) is 54.0 Å². The summed E-state index contributed by atoms with van der Waals surface area (Å²) in [6.07, 6.45) is 2.46. The van der Waals surface area contributed by atoms with Crippen molar-refractivity contribution in [3.63, 3.8) is 0 Å². The highest BCUT2D eigenvalue weighted by Crippen LogP contribution is 2.27. The number of aromatic nitrogens is 3. The molecule has 0 aliphatic heterocycles. The lowest BCUT2D eigenvalue weighted by atomic mass is 10.1. The van der Waals surface area contributed by atoms with Crippen molar-refractivity contribution < 1.29 is 8.42 Å². The van der Waals surface area contributed by atoms with E-state index in [2.05, 4.69) is 21.4 Å². The molecule has 0 fully saturated rings. The maximum Gasteiger partial charge on any atom is 0.236 e. The summed E-state index contributed by atoms with van der Waals surface area (Å²) >= 11 is 0. The van der Waals surface area contributed by atoms with Crippen molar-refractivity contribution in [1.29, 1.82) is 5.26 Å². The van der Waals surface area contributed by atoms with Crippen molar-refractivity contribution in [1.82, 2.24) is 14.5 Å². The molecule has 2 aromatic carbocycles. The van der Waals surface area contributed by atoms with E-state index >= 15 is 0 Å². The Morgan fingerprint density at radius 2 is 1.90 bits per heavy atom. The van der Waals surface area contributed by atoms with Crippen molar-refractivity contribution in [2.75, 3.05) is 11.6 Å². The minimum Gasteiger partial charge on any atom is -0.365 e. The van der Waals surface area contributed by atoms with E-state index in [1.165, 1.54) is 6.20 Å². The van der Waals surface area contributed by atoms with Crippen LogP contribution in [0.3, 0.4) is 0 Å². The Bertz CT molecular complexity index is 1390. The van der Waals surface area contributed by atoms with Gasteiger partial charge in [-0.25, -0.2) is 13.4 Å². The van der Waals surface area contributed by atoms with Gasteiger partial charge in [-0.15, -0.1) is 0 Å². The second kappa shape index (κ2) is 7.61. The maximum atomic E-state index is 12.3. The molecule has 8 heteroatoms. The standard InChI is InChI=1S/C22H19N5O2S/c1-15-11-18-17(12-23)9-6-10-19(18)27(15)22-25-14-20(30(2,28)29)21(26-22)24-13-16-7-4-3-5-8-16/h3-11,14H,13H2,1-2H3,(H,24,25,26). The molecular formula is C22H19N5O2S. The summed E-state index contributed by atoms with van der Waals surface area (Å²) < 4.78 is 26.3. The average Bonchev–Trinajstić information content (AvgIpc) is 3.08. The second-order valence-electron chi connectivity index (χ2n) is 6.97. The highest BCUT2D eigenvalue weighted by atomic mass is 32.2. The Morgan fingerprint density at radius 1 is 1.13 bits per heavy atom. The molecule has 30 heavy (non-hydrogen) atoms. The van der Waals surface area contributed by atoms with Gasteiger partial charge in [-0.05, 0) is 30.7 Å². The summed E-state index contributed by atoms with van der Waals surface area (Å²) in [6.45, 7) is 2.32. The minimum absolute atomic E-state index is 0.0361. The first-order chi connectivity index (χ1) is 14.4. The van der Waals surface area contributed by atoms with Gasteiger partial charge in [0.2, 0.25) is 5.95 Å². The molecule has 0 aliphatic rings. The predicted molar refractivity (Wildman–Crippen MR) is 115 cm³/mol. The van der Waals surface area contributed by atoms with E-state index < -0.39 is 9.84 Å². The van der Waals surface area contributed by atoms with E-state index in [9.17, 15) is 13.7 Å². The van der Waals surface area contributed by atoms with Crippen LogP contribution in [0.4, 0.5) is 5.82 Å². The number of hydrogen-bond acceptors (Lipinski definition) is 6. The molecule has 0 saturated heterocycles. The largest absolute Gasteiger partial charge is 0.365 e. The van der Waals surface area contributed by atoms with Crippen LogP contribution in [-0.4, -0.2) is 29.2 Å². The van der Waals surface area contributed by atoms with Gasteiger partial charge in [-0.1, -0.05) is 36.4 Å². The number of fused-ring (bicyclic) bond motifs is 1. The lowest BCUT2D eigenvalue weighted by Crippen LogP contribution is -2.12. The van der Waals surface area contributed by atoms with Crippen molar-refractivity contribution in [3.8, 4) is 12.0 Å². The van der Waals surface area contributed by atoms with Crippen LogP contribution in [0.1, 0.15) is 16.8 Å². The maximum absolute atomic E-state index is 12.3. The Morgan fingerprint density at radius 3 is 2.60 bits per heavy atom. The number of nitriles is 1. The lowest BCUT2D eigenvalue weighted by Gasteiger charge is -2.13. The first-order valence-corrected chi connectivity index (χ1v) is 11.1. The van der Waals surface area contributed by atoms with Crippen molar-refractivity contribution in [2.24, 2.45) is 0 Å². The fourth-order valence-electron chi connectivity index (χ4n) is 3.37. The Balaban J connectivity index is 1.84. The van der Waals surface area contributed by atoms with E-state index in [4.69, 9.17) is 0 Å². The monoisotopic (exact) mass is 417 g/mol. The molecule has 0 bridgehead atoms. The number of hydrogen-bond donors (Lipinski definition) is 1. The molecule has 4 rings (SSSR count). The van der Waals surface area contributed by atoms with Crippen molar-refractivity contribution >= 4 is 26.6 Å². The molecule has 1 N–H and O–H groups in total. The van der Waals surface area contributed by atoms with Crippen LogP contribution in [0.25, 0.3) is 16.9 Å². The third kappa shape index (κ3) is 3.63. The van der Waals surface area contributed by atoms with Gasteiger partial charge in [0.05, 0.1) is 23.3 Å². The van der Waals surface area contributed by atoms with Crippen LogP contribution >= 0.6 is 0 Å². The number of nitrogens with one attached hydrogen (secondary N) is 1. The molecule has 4 aromatic rings. The van der Waals surface area contributed by atoms with Gasteiger partial charge in [0, 0.05) is 23.9 Å². The van der Waals surface area contributed by atoms with E-state index in [-0.39, 0.29) is 10.7 Å². The topological polar surface area (TPSA) is 101 Å². The third-order valence-electron chi connectivity index (χ3n) is 4.80. The first-order valence-electron chi connectivity index (χ1n) is 9.25. The summed E-state index contributed by atoms with van der Waals surface area (Å²) in [5.74, 6) is 0.574. The molecule has 0 aliphatic carbocycles. The molecule has 150 valence electrons. The molecule has 0 amide bonds. The molecule has 0 unspecified atom stereocenters. The molecular weight excluding hydrogens is 398 g/mol. The number of rotatable bonds is 5. The number of aryl methyl sites for hydroxylation is 1. The van der Waals surface area contributed by atoms with Crippen LogP contribution in [0.5, 0.6) is 0 Å². The van der Waals surface area contributed by atoms with Crippen LogP contribution in [0, 0.1) is 18.3 Å². The van der Waals surface area contributed by atoms with Crippen molar-refractivity contribution in [2.45, 2.75) is 18.4 Å². The molecule has 0 saturated carbocycles. The van der Waals surface area contributed by atoms with E-state index in [0.717, 1.165) is 28.4 Å². The van der Waals surface area contributed by atoms with Crippen LogP contribution in [0.15, 0.2) is 65.7 Å². The smallest absolute Gasteiger partial charge is 0.236 e. The average molecular weight is 417 g/mol. The third-order valence-corrected chi connectivity index (χ3v) is 5.89. The van der Waals surface area contributed by atoms with Crippen LogP contribution in [-0.2, 0) is 16.4 Å². The Labute approximate surface area is 174 Å². The van der Waals surface area contributed by atoms with Gasteiger partial charge in [0.15, 0.2) is 15.7 Å². The zero-order valence-corrected chi connectivity index (χ0v) is 17.3. The lowest BCUT2D eigenvalue weighted by molar-refractivity contribution is 0.601. The van der Waals surface area contributed by atoms with Crippen LogP contribution in [0.2, 0.25) is 0 Å². The molecule has 2 heterocycles. The molecule has 2 aromatic heterocycles. The van der Waals surface area contributed by atoms with Crippen LogP contribution < -0.4 is 5.32 Å². The first kappa shape index (κ1) is 19.6. The number of nitrogens with zero attached hydrogens (tertiary/aromatic N) is 4. The van der Waals surface area contributed by atoms with Gasteiger partial charge < -0.3 is 5.32 Å². The van der Waals surface area contributed by atoms with Gasteiger partial charge in [0.25, 0.3) is 0 Å². The van der Waals surface area contributed by atoms with Gasteiger partial charge in [0.1, 0.15) is 4.90 Å². The fourth-order valence-corrected chi connectivity index (χ4v) is 4.09. The number of benzene rings is 2. The summed E-state index contributed by atoms with van der Waals surface area (Å²) in [5.41, 5.74) is 3.18. The van der Waals surface area contributed by atoms with Crippen molar-refractivity contribution in [3.05, 3.63) is 77.6 Å². The zero-order valence-electron chi connectivity index (χ0n) is 16.5. The highest BCUT2D eigenvalue weighted by molar-refractivity contribution is 7.90. The van der Waals surface area contributed by atoms with Gasteiger partial charge in [-0.2, -0.15) is 10.2 Å². The van der Waals surface area contributed by atoms with E-state index in [0.29, 0.717) is 18.1 Å². The quantitative estimate of drug-likeness (QED) is 0.532.